The van der Waals surface area contributed by atoms with Gasteiger partial charge in [0, 0.05) is 5.56 Å². The molecule has 1 atom stereocenters. The molecule has 1 amide bonds. The lowest BCUT2D eigenvalue weighted by atomic mass is 10.1. The quantitative estimate of drug-likeness (QED) is 0.806. The lowest BCUT2D eigenvalue weighted by molar-refractivity contribution is 0.0943. The third-order valence-electron chi connectivity index (χ3n) is 3.10. The number of benzene rings is 1. The zero-order valence-electron chi connectivity index (χ0n) is 10.5. The minimum absolute atomic E-state index is 0.102. The monoisotopic (exact) mass is 282 g/mol. The highest BCUT2D eigenvalue weighted by molar-refractivity contribution is 7.80. The van der Waals surface area contributed by atoms with Gasteiger partial charge >= 0.3 is 0 Å². The van der Waals surface area contributed by atoms with Gasteiger partial charge in [-0.2, -0.15) is 0 Å². The summed E-state index contributed by atoms with van der Waals surface area (Å²) in [4.78, 5) is 12.3. The summed E-state index contributed by atoms with van der Waals surface area (Å²) in [5, 5.41) is 2.75. The highest BCUT2D eigenvalue weighted by atomic mass is 32.1. The second-order valence-corrected chi connectivity index (χ2v) is 5.01. The van der Waals surface area contributed by atoms with Crippen LogP contribution in [0.3, 0.4) is 0 Å². The van der Waals surface area contributed by atoms with Gasteiger partial charge in [-0.05, 0) is 37.0 Å². The number of hydrogen-bond donors (Lipinski definition) is 2. The van der Waals surface area contributed by atoms with Crippen LogP contribution in [0.2, 0.25) is 0 Å². The Morgan fingerprint density at radius 3 is 2.74 bits per heavy atom. The van der Waals surface area contributed by atoms with Crippen molar-refractivity contribution in [3.05, 3.63) is 29.6 Å². The first-order valence-electron chi connectivity index (χ1n) is 5.96. The van der Waals surface area contributed by atoms with Crippen LogP contribution in [0.15, 0.2) is 18.2 Å². The van der Waals surface area contributed by atoms with Crippen LogP contribution in [-0.4, -0.2) is 24.0 Å². The summed E-state index contributed by atoms with van der Waals surface area (Å²) in [6.07, 6.45) is 2.00. The van der Waals surface area contributed by atoms with Crippen molar-refractivity contribution >= 4 is 23.1 Å². The van der Waals surface area contributed by atoms with E-state index in [0.717, 1.165) is 18.9 Å². The van der Waals surface area contributed by atoms with Crippen molar-refractivity contribution in [2.45, 2.75) is 18.9 Å². The molecule has 0 bridgehead atoms. The molecule has 0 heterocycles. The van der Waals surface area contributed by atoms with E-state index in [0.29, 0.717) is 5.92 Å². The van der Waals surface area contributed by atoms with Crippen LogP contribution >= 0.6 is 12.2 Å². The van der Waals surface area contributed by atoms with Crippen molar-refractivity contribution in [3.8, 4) is 5.75 Å². The zero-order valence-corrected chi connectivity index (χ0v) is 11.3. The third-order valence-corrected chi connectivity index (χ3v) is 3.35. The summed E-state index contributed by atoms with van der Waals surface area (Å²) >= 11 is 4.94. The highest BCUT2D eigenvalue weighted by Gasteiger charge is 2.34. The zero-order chi connectivity index (χ0) is 14.0. The average Bonchev–Trinajstić information content (AvgIpc) is 3.19. The van der Waals surface area contributed by atoms with Gasteiger partial charge in [-0.3, -0.25) is 4.79 Å². The molecule has 4 nitrogen and oxygen atoms in total. The van der Waals surface area contributed by atoms with Crippen LogP contribution < -0.4 is 15.8 Å². The van der Waals surface area contributed by atoms with E-state index < -0.39 is 5.82 Å². The van der Waals surface area contributed by atoms with Gasteiger partial charge in [0.25, 0.3) is 5.91 Å². The molecular formula is C13H15FN2O2S. The van der Waals surface area contributed by atoms with Crippen molar-refractivity contribution in [1.82, 2.24) is 5.32 Å². The number of nitrogens with one attached hydrogen (secondary N) is 1. The van der Waals surface area contributed by atoms with Crippen LogP contribution in [0.5, 0.6) is 5.75 Å². The molecule has 0 spiro atoms. The number of carbonyl (C=O) groups excluding carboxylic acids is 1. The van der Waals surface area contributed by atoms with Crippen molar-refractivity contribution in [2.75, 3.05) is 7.11 Å². The van der Waals surface area contributed by atoms with Crippen LogP contribution in [-0.2, 0) is 0 Å². The first-order chi connectivity index (χ1) is 9.02. The third kappa shape index (κ3) is 3.20. The fourth-order valence-corrected chi connectivity index (χ4v) is 2.13. The van der Waals surface area contributed by atoms with Crippen molar-refractivity contribution in [2.24, 2.45) is 11.7 Å². The lowest BCUT2D eigenvalue weighted by Crippen LogP contribution is -2.45. The molecule has 0 aliphatic heterocycles. The predicted molar refractivity (Wildman–Crippen MR) is 73.7 cm³/mol. The molecule has 102 valence electrons. The molecule has 19 heavy (non-hydrogen) atoms. The van der Waals surface area contributed by atoms with E-state index >= 15 is 0 Å². The SMILES string of the molecule is COc1ccc(C(=O)NC(C(N)=S)C2CC2)cc1F. The number of rotatable bonds is 5. The smallest absolute Gasteiger partial charge is 0.251 e. The van der Waals surface area contributed by atoms with Gasteiger partial charge in [-0.15, -0.1) is 0 Å². The van der Waals surface area contributed by atoms with Crippen molar-refractivity contribution < 1.29 is 13.9 Å². The number of carbonyl (C=O) groups is 1. The Morgan fingerprint density at radius 2 is 2.26 bits per heavy atom. The van der Waals surface area contributed by atoms with E-state index in [9.17, 15) is 9.18 Å². The van der Waals surface area contributed by atoms with E-state index in [2.05, 4.69) is 5.32 Å². The number of thiocarbonyl (C=S) groups is 1. The first-order valence-corrected chi connectivity index (χ1v) is 6.37. The maximum atomic E-state index is 13.5. The van der Waals surface area contributed by atoms with Gasteiger partial charge in [-0.1, -0.05) is 12.2 Å². The summed E-state index contributed by atoms with van der Waals surface area (Å²) < 4.78 is 18.3. The Morgan fingerprint density at radius 1 is 1.58 bits per heavy atom. The normalized spacial score (nSPS) is 15.7. The van der Waals surface area contributed by atoms with Gasteiger partial charge in [0.2, 0.25) is 0 Å². The molecule has 3 N–H and O–H groups in total. The number of ether oxygens (including phenoxy) is 1. The van der Waals surface area contributed by atoms with Gasteiger partial charge in [-0.25, -0.2) is 4.39 Å². The molecule has 1 aliphatic carbocycles. The van der Waals surface area contributed by atoms with Gasteiger partial charge < -0.3 is 15.8 Å². The largest absolute Gasteiger partial charge is 0.494 e. The maximum Gasteiger partial charge on any atom is 0.251 e. The number of amides is 1. The second-order valence-electron chi connectivity index (χ2n) is 4.54. The first kappa shape index (κ1) is 13.7. The Hall–Kier alpha value is -1.69. The van der Waals surface area contributed by atoms with Gasteiger partial charge in [0.05, 0.1) is 18.1 Å². The fraction of sp³-hybridized carbons (Fsp3) is 0.385. The maximum absolute atomic E-state index is 13.5. The minimum Gasteiger partial charge on any atom is -0.494 e. The Labute approximate surface area is 116 Å². The number of nitrogens with two attached hydrogens (primary N) is 1. The number of methoxy groups -OCH3 is 1. The van der Waals surface area contributed by atoms with Crippen molar-refractivity contribution in [3.63, 3.8) is 0 Å². The molecule has 6 heteroatoms. The molecular weight excluding hydrogens is 267 g/mol. The van der Waals surface area contributed by atoms with E-state index in [1.165, 1.54) is 19.2 Å². The van der Waals surface area contributed by atoms with Crippen LogP contribution in [0.25, 0.3) is 0 Å². The van der Waals surface area contributed by atoms with E-state index in [1.807, 2.05) is 0 Å². The Bertz CT molecular complexity index is 517. The topological polar surface area (TPSA) is 64.3 Å². The lowest BCUT2D eigenvalue weighted by Gasteiger charge is -2.16. The van der Waals surface area contributed by atoms with Gasteiger partial charge in [0.15, 0.2) is 11.6 Å². The summed E-state index contributed by atoms with van der Waals surface area (Å²) in [6.45, 7) is 0. The molecule has 0 radical (unpaired) electrons. The molecule has 0 saturated heterocycles. The summed E-state index contributed by atoms with van der Waals surface area (Å²) in [5.41, 5.74) is 5.82. The fourth-order valence-electron chi connectivity index (χ4n) is 1.88. The highest BCUT2D eigenvalue weighted by Crippen LogP contribution is 2.33. The molecule has 1 aliphatic rings. The van der Waals surface area contributed by atoms with E-state index in [4.69, 9.17) is 22.7 Å². The summed E-state index contributed by atoms with van der Waals surface area (Å²) in [5.74, 6) is -0.547. The summed E-state index contributed by atoms with van der Waals surface area (Å²) in [7, 11) is 1.37. The molecule has 1 saturated carbocycles. The second kappa shape index (κ2) is 5.52. The molecule has 1 aromatic carbocycles. The standard InChI is InChI=1S/C13H15FN2O2S/c1-18-10-5-4-8(6-9(10)14)13(17)16-11(12(15)19)7-2-3-7/h4-7,11H,2-3H2,1H3,(H2,15,19)(H,16,17). The Kier molecular flexibility index (Phi) is 3.99. The predicted octanol–water partition coefficient (Wildman–Crippen LogP) is 1.63. The van der Waals surface area contributed by atoms with E-state index in [1.54, 1.807) is 0 Å². The molecule has 0 aromatic heterocycles. The van der Waals surface area contributed by atoms with E-state index in [-0.39, 0.29) is 28.3 Å². The minimum atomic E-state index is -0.576. The number of hydrogen-bond acceptors (Lipinski definition) is 3. The molecule has 1 unspecified atom stereocenters. The van der Waals surface area contributed by atoms with Crippen LogP contribution in [0.1, 0.15) is 23.2 Å². The Balaban J connectivity index is 2.10. The van der Waals surface area contributed by atoms with Crippen LogP contribution in [0, 0.1) is 11.7 Å². The average molecular weight is 282 g/mol. The summed E-state index contributed by atoms with van der Waals surface area (Å²) in [6, 6.07) is 3.74. The number of halogens is 1. The molecule has 2 rings (SSSR count). The molecule has 1 fully saturated rings. The molecule has 1 aromatic rings. The van der Waals surface area contributed by atoms with Crippen LogP contribution in [0.4, 0.5) is 4.39 Å². The van der Waals surface area contributed by atoms with Gasteiger partial charge in [0.1, 0.15) is 0 Å². The van der Waals surface area contributed by atoms with Crippen molar-refractivity contribution in [1.29, 1.82) is 0 Å².